The fourth-order valence-corrected chi connectivity index (χ4v) is 2.39. The molecule has 1 rings (SSSR count). The van der Waals surface area contributed by atoms with Crippen LogP contribution in [0, 0.1) is 0 Å². The van der Waals surface area contributed by atoms with Gasteiger partial charge in [-0.15, -0.1) is 0 Å². The molecule has 1 atom stereocenters. The molecule has 0 fully saturated rings. The van der Waals surface area contributed by atoms with E-state index < -0.39 is 0 Å². The monoisotopic (exact) mass is 302 g/mol. The minimum Gasteiger partial charge on any atom is -0.383 e. The van der Waals surface area contributed by atoms with Crippen LogP contribution in [0.4, 0.5) is 0 Å². The summed E-state index contributed by atoms with van der Waals surface area (Å²) in [6.45, 7) is 5.18. The van der Waals surface area contributed by atoms with Crippen LogP contribution in [-0.4, -0.2) is 41.7 Å². The van der Waals surface area contributed by atoms with Crippen LogP contribution in [0.2, 0.25) is 0 Å². The van der Waals surface area contributed by atoms with Gasteiger partial charge in [0.25, 0.3) is 5.91 Å². The molecule has 0 bridgehead atoms. The lowest BCUT2D eigenvalue weighted by Gasteiger charge is -2.27. The quantitative estimate of drug-likeness (QED) is 0.836. The van der Waals surface area contributed by atoms with Crippen LogP contribution in [0.15, 0.2) is 16.7 Å². The van der Waals surface area contributed by atoms with Crippen molar-refractivity contribution in [3.8, 4) is 0 Å². The lowest BCUT2D eigenvalue weighted by Crippen LogP contribution is -2.41. The van der Waals surface area contributed by atoms with E-state index >= 15 is 0 Å². The van der Waals surface area contributed by atoms with E-state index in [4.69, 9.17) is 4.74 Å². The fourth-order valence-electron chi connectivity index (χ4n) is 1.87. The summed E-state index contributed by atoms with van der Waals surface area (Å²) in [6.07, 6.45) is 1.88. The van der Waals surface area contributed by atoms with E-state index in [2.05, 4.69) is 15.9 Å². The van der Waals surface area contributed by atoms with Gasteiger partial charge in [-0.3, -0.25) is 4.79 Å². The average Bonchev–Trinajstić information content (AvgIpc) is 2.59. The van der Waals surface area contributed by atoms with E-state index in [0.29, 0.717) is 18.8 Å². The number of amides is 1. The molecule has 0 radical (unpaired) electrons. The van der Waals surface area contributed by atoms with Gasteiger partial charge in [-0.2, -0.15) is 0 Å². The zero-order chi connectivity index (χ0) is 13.0. The highest BCUT2D eigenvalue weighted by Gasteiger charge is 2.22. The van der Waals surface area contributed by atoms with Gasteiger partial charge in [-0.05, 0) is 35.8 Å². The fraction of sp³-hybridized carbons (Fsp3) is 0.583. The summed E-state index contributed by atoms with van der Waals surface area (Å²) in [5.74, 6) is 0.0326. The first-order chi connectivity index (χ1) is 8.01. The summed E-state index contributed by atoms with van der Waals surface area (Å²) in [6, 6.07) is 1.91. The summed E-state index contributed by atoms with van der Waals surface area (Å²) in [7, 11) is 3.51. The van der Waals surface area contributed by atoms with E-state index in [1.807, 2.05) is 42.6 Å². The molecule has 1 heterocycles. The van der Waals surface area contributed by atoms with Gasteiger partial charge in [0.2, 0.25) is 0 Å². The van der Waals surface area contributed by atoms with Crippen molar-refractivity contribution in [3.63, 3.8) is 0 Å². The number of hydrogen-bond acceptors (Lipinski definition) is 2. The van der Waals surface area contributed by atoms with Crippen LogP contribution >= 0.6 is 15.9 Å². The minimum atomic E-state index is 0.0326. The number of ether oxygens (including phenoxy) is 1. The molecular weight excluding hydrogens is 284 g/mol. The predicted molar refractivity (Wildman–Crippen MR) is 71.2 cm³/mol. The maximum Gasteiger partial charge on any atom is 0.270 e. The Morgan fingerprint density at radius 3 is 2.71 bits per heavy atom. The Bertz CT molecular complexity index is 390. The number of carbonyl (C=O) groups is 1. The van der Waals surface area contributed by atoms with Crippen molar-refractivity contribution in [1.82, 2.24) is 9.47 Å². The zero-order valence-electron chi connectivity index (χ0n) is 10.7. The van der Waals surface area contributed by atoms with Crippen molar-refractivity contribution in [1.29, 1.82) is 0 Å². The molecule has 0 aliphatic carbocycles. The molecule has 0 saturated carbocycles. The smallest absolute Gasteiger partial charge is 0.270 e. The molecule has 4 nitrogen and oxygen atoms in total. The van der Waals surface area contributed by atoms with Crippen molar-refractivity contribution in [3.05, 3.63) is 22.4 Å². The lowest BCUT2D eigenvalue weighted by atomic mass is 10.2. The second kappa shape index (κ2) is 6.21. The molecular formula is C12H19BrN2O2. The molecule has 1 unspecified atom stereocenters. The van der Waals surface area contributed by atoms with E-state index in [0.717, 1.165) is 4.47 Å². The first kappa shape index (κ1) is 14.3. The number of methoxy groups -OCH3 is 1. The van der Waals surface area contributed by atoms with Crippen molar-refractivity contribution >= 4 is 21.8 Å². The topological polar surface area (TPSA) is 34.5 Å². The van der Waals surface area contributed by atoms with Crippen LogP contribution in [0.25, 0.3) is 0 Å². The SMILES string of the molecule is CCN(C(=O)c1cc(Br)cn1C)C(C)COC. The van der Waals surface area contributed by atoms with E-state index in [1.165, 1.54) is 0 Å². The third-order valence-corrected chi connectivity index (χ3v) is 3.17. The molecule has 0 aromatic carbocycles. The van der Waals surface area contributed by atoms with Gasteiger partial charge < -0.3 is 14.2 Å². The maximum atomic E-state index is 12.4. The van der Waals surface area contributed by atoms with Gasteiger partial charge in [0.1, 0.15) is 5.69 Å². The summed E-state index contributed by atoms with van der Waals surface area (Å²) in [4.78, 5) is 14.2. The summed E-state index contributed by atoms with van der Waals surface area (Å²) < 4.78 is 7.84. The van der Waals surface area contributed by atoms with Gasteiger partial charge in [-0.25, -0.2) is 0 Å². The Hall–Kier alpha value is -0.810. The zero-order valence-corrected chi connectivity index (χ0v) is 12.3. The van der Waals surface area contributed by atoms with E-state index in [1.54, 1.807) is 7.11 Å². The number of likely N-dealkylation sites (N-methyl/N-ethyl adjacent to an activating group) is 1. The van der Waals surface area contributed by atoms with Crippen molar-refractivity contribution in [2.75, 3.05) is 20.3 Å². The van der Waals surface area contributed by atoms with Gasteiger partial charge >= 0.3 is 0 Å². The highest BCUT2D eigenvalue weighted by atomic mass is 79.9. The molecule has 96 valence electrons. The average molecular weight is 303 g/mol. The first-order valence-corrected chi connectivity index (χ1v) is 6.42. The molecule has 5 heteroatoms. The highest BCUT2D eigenvalue weighted by molar-refractivity contribution is 9.10. The molecule has 0 N–H and O–H groups in total. The summed E-state index contributed by atoms with van der Waals surface area (Å²) in [5, 5.41) is 0. The van der Waals surface area contributed by atoms with Crippen LogP contribution in [0.3, 0.4) is 0 Å². The second-order valence-electron chi connectivity index (χ2n) is 4.05. The Morgan fingerprint density at radius 2 is 2.29 bits per heavy atom. The first-order valence-electron chi connectivity index (χ1n) is 5.63. The van der Waals surface area contributed by atoms with Crippen LogP contribution in [0.1, 0.15) is 24.3 Å². The largest absolute Gasteiger partial charge is 0.383 e. The minimum absolute atomic E-state index is 0.0326. The number of rotatable bonds is 5. The molecule has 1 amide bonds. The van der Waals surface area contributed by atoms with Crippen molar-refractivity contribution < 1.29 is 9.53 Å². The molecule has 0 aliphatic heterocycles. The van der Waals surface area contributed by atoms with E-state index in [-0.39, 0.29) is 11.9 Å². The van der Waals surface area contributed by atoms with E-state index in [9.17, 15) is 4.79 Å². The van der Waals surface area contributed by atoms with Crippen LogP contribution in [-0.2, 0) is 11.8 Å². The third-order valence-electron chi connectivity index (χ3n) is 2.73. The molecule has 0 aliphatic rings. The number of carbonyl (C=O) groups excluding carboxylic acids is 1. The Balaban J connectivity index is 2.89. The highest BCUT2D eigenvalue weighted by Crippen LogP contribution is 2.16. The number of aryl methyl sites for hydroxylation is 1. The molecule has 17 heavy (non-hydrogen) atoms. The Kier molecular flexibility index (Phi) is 5.21. The van der Waals surface area contributed by atoms with Gasteiger partial charge in [0, 0.05) is 31.4 Å². The van der Waals surface area contributed by atoms with Gasteiger partial charge in [0.05, 0.1) is 12.6 Å². The number of nitrogens with zero attached hydrogens (tertiary/aromatic N) is 2. The lowest BCUT2D eigenvalue weighted by molar-refractivity contribution is 0.0570. The molecule has 0 spiro atoms. The summed E-state index contributed by atoms with van der Waals surface area (Å²) in [5.41, 5.74) is 0.682. The van der Waals surface area contributed by atoms with Crippen molar-refractivity contribution in [2.24, 2.45) is 7.05 Å². The van der Waals surface area contributed by atoms with Crippen LogP contribution in [0.5, 0.6) is 0 Å². The molecule has 1 aromatic rings. The normalized spacial score (nSPS) is 12.5. The standard InChI is InChI=1S/C12H19BrN2O2/c1-5-15(9(2)8-17-4)12(16)11-6-10(13)7-14(11)3/h6-7,9H,5,8H2,1-4H3. The third kappa shape index (κ3) is 3.33. The van der Waals surface area contributed by atoms with Gasteiger partial charge in [-0.1, -0.05) is 0 Å². The number of halogens is 1. The Morgan fingerprint density at radius 1 is 1.65 bits per heavy atom. The molecule has 0 saturated heterocycles. The molecule has 1 aromatic heterocycles. The van der Waals surface area contributed by atoms with Crippen LogP contribution < -0.4 is 0 Å². The second-order valence-corrected chi connectivity index (χ2v) is 4.97. The van der Waals surface area contributed by atoms with Gasteiger partial charge in [0.15, 0.2) is 0 Å². The van der Waals surface area contributed by atoms with Crippen molar-refractivity contribution in [2.45, 2.75) is 19.9 Å². The number of hydrogen-bond donors (Lipinski definition) is 0. The number of aromatic nitrogens is 1. The Labute approximate surface area is 111 Å². The summed E-state index contributed by atoms with van der Waals surface area (Å²) >= 11 is 3.37. The maximum absolute atomic E-state index is 12.4. The predicted octanol–water partition coefficient (Wildman–Crippen LogP) is 2.28.